The van der Waals surface area contributed by atoms with Crippen LogP contribution in [0.3, 0.4) is 0 Å². The zero-order valence-electron chi connectivity index (χ0n) is 6.83. The van der Waals surface area contributed by atoms with E-state index in [-0.39, 0.29) is 18.3 Å². The van der Waals surface area contributed by atoms with E-state index in [1.54, 1.807) is 12.4 Å². The fourth-order valence-corrected chi connectivity index (χ4v) is 0.645. The van der Waals surface area contributed by atoms with Crippen molar-refractivity contribution in [1.82, 2.24) is 17.3 Å². The molecule has 0 spiro atoms. The number of nitrogens with two attached hydrogens (primary N) is 1. The quantitative estimate of drug-likeness (QED) is 0.571. The van der Waals surface area contributed by atoms with Crippen molar-refractivity contribution in [3.63, 3.8) is 0 Å². The fraction of sp³-hybridized carbons (Fsp3) is 0.286. The fourth-order valence-electron chi connectivity index (χ4n) is 0.645. The summed E-state index contributed by atoms with van der Waals surface area (Å²) in [5.74, 6) is 0. The summed E-state index contributed by atoms with van der Waals surface area (Å²) in [6.07, 6.45) is 3.52. The van der Waals surface area contributed by atoms with Gasteiger partial charge in [0.15, 0.2) is 0 Å². The van der Waals surface area contributed by atoms with Gasteiger partial charge in [-0.05, 0) is 18.6 Å². The summed E-state index contributed by atoms with van der Waals surface area (Å²) < 4.78 is 0. The van der Waals surface area contributed by atoms with Crippen LogP contribution in [0.5, 0.6) is 0 Å². The minimum atomic E-state index is 0. The van der Waals surface area contributed by atoms with Gasteiger partial charge in [-0.3, -0.25) is 4.98 Å². The van der Waals surface area contributed by atoms with Crippen LogP contribution in [0.15, 0.2) is 24.5 Å². The van der Waals surface area contributed by atoms with Gasteiger partial charge < -0.3 is 18.0 Å². The molecule has 0 bridgehead atoms. The SMILES string of the molecule is CC(N)c1cccnc1.N.N. The van der Waals surface area contributed by atoms with Gasteiger partial charge in [0.05, 0.1) is 0 Å². The first kappa shape index (κ1) is 12.7. The summed E-state index contributed by atoms with van der Waals surface area (Å²) >= 11 is 0. The maximum atomic E-state index is 5.57. The molecule has 0 aliphatic carbocycles. The normalized spacial score (nSPS) is 10.7. The molecule has 0 aliphatic rings. The Kier molecular flexibility index (Phi) is 6.67. The summed E-state index contributed by atoms with van der Waals surface area (Å²) in [6, 6.07) is 3.95. The first-order chi connectivity index (χ1) is 4.30. The van der Waals surface area contributed by atoms with Crippen molar-refractivity contribution in [2.45, 2.75) is 13.0 Å². The first-order valence-corrected chi connectivity index (χ1v) is 2.96. The molecule has 1 heterocycles. The summed E-state index contributed by atoms with van der Waals surface area (Å²) in [6.45, 7) is 1.94. The Labute approximate surface area is 67.0 Å². The van der Waals surface area contributed by atoms with E-state index in [1.807, 2.05) is 19.1 Å². The standard InChI is InChI=1S/C7H10N2.2H3N/c1-6(8)7-3-2-4-9-5-7;;/h2-6H,8H2,1H3;2*1H3. The number of pyridine rings is 1. The van der Waals surface area contributed by atoms with Gasteiger partial charge in [-0.2, -0.15) is 0 Å². The molecule has 4 nitrogen and oxygen atoms in total. The molecule has 0 radical (unpaired) electrons. The Morgan fingerprint density at radius 2 is 2.09 bits per heavy atom. The van der Waals surface area contributed by atoms with Gasteiger partial charge in [0.1, 0.15) is 0 Å². The van der Waals surface area contributed by atoms with E-state index >= 15 is 0 Å². The van der Waals surface area contributed by atoms with Crippen molar-refractivity contribution in [3.8, 4) is 0 Å². The van der Waals surface area contributed by atoms with E-state index in [4.69, 9.17) is 5.73 Å². The zero-order valence-corrected chi connectivity index (χ0v) is 6.83. The van der Waals surface area contributed by atoms with E-state index in [9.17, 15) is 0 Å². The zero-order chi connectivity index (χ0) is 6.69. The van der Waals surface area contributed by atoms with Crippen LogP contribution in [0.1, 0.15) is 18.5 Å². The summed E-state index contributed by atoms with van der Waals surface area (Å²) in [4.78, 5) is 3.93. The van der Waals surface area contributed by atoms with Gasteiger partial charge in [0.25, 0.3) is 0 Å². The van der Waals surface area contributed by atoms with Crippen molar-refractivity contribution >= 4 is 0 Å². The van der Waals surface area contributed by atoms with Crippen molar-refractivity contribution in [2.75, 3.05) is 0 Å². The maximum Gasteiger partial charge on any atom is 0.0315 e. The van der Waals surface area contributed by atoms with Crippen LogP contribution in [-0.2, 0) is 0 Å². The van der Waals surface area contributed by atoms with Crippen LogP contribution >= 0.6 is 0 Å². The van der Waals surface area contributed by atoms with Gasteiger partial charge in [-0.25, -0.2) is 0 Å². The predicted molar refractivity (Wildman–Crippen MR) is 46.9 cm³/mol. The lowest BCUT2D eigenvalue weighted by molar-refractivity contribution is 0.811. The van der Waals surface area contributed by atoms with Crippen molar-refractivity contribution in [3.05, 3.63) is 30.1 Å². The van der Waals surface area contributed by atoms with E-state index in [1.165, 1.54) is 0 Å². The predicted octanol–water partition coefficient (Wildman–Crippen LogP) is 1.43. The van der Waals surface area contributed by atoms with Gasteiger partial charge in [-0.1, -0.05) is 6.07 Å². The van der Waals surface area contributed by atoms with Crippen LogP contribution < -0.4 is 18.0 Å². The maximum absolute atomic E-state index is 5.57. The first-order valence-electron chi connectivity index (χ1n) is 2.96. The van der Waals surface area contributed by atoms with Crippen molar-refractivity contribution in [2.24, 2.45) is 5.73 Å². The Hall–Kier alpha value is -0.970. The molecule has 0 fully saturated rings. The highest BCUT2D eigenvalue weighted by Gasteiger charge is 1.94. The molecule has 11 heavy (non-hydrogen) atoms. The molecule has 1 unspecified atom stereocenters. The van der Waals surface area contributed by atoms with Gasteiger partial charge in [0.2, 0.25) is 0 Å². The van der Waals surface area contributed by atoms with Gasteiger partial charge >= 0.3 is 0 Å². The lowest BCUT2D eigenvalue weighted by Crippen LogP contribution is -2.04. The monoisotopic (exact) mass is 156 g/mol. The molecular weight excluding hydrogens is 140 g/mol. The molecule has 4 heteroatoms. The molecule has 0 amide bonds. The van der Waals surface area contributed by atoms with Crippen LogP contribution in [0, 0.1) is 0 Å². The smallest absolute Gasteiger partial charge is 0.0315 e. The van der Waals surface area contributed by atoms with E-state index in [0.717, 1.165) is 5.56 Å². The highest BCUT2D eigenvalue weighted by molar-refractivity contribution is 5.11. The molecule has 1 atom stereocenters. The average molecular weight is 156 g/mol. The number of rotatable bonds is 1. The van der Waals surface area contributed by atoms with E-state index < -0.39 is 0 Å². The summed E-state index contributed by atoms with van der Waals surface area (Å²) in [5, 5.41) is 0. The molecule has 1 aromatic heterocycles. The lowest BCUT2D eigenvalue weighted by atomic mass is 10.2. The van der Waals surface area contributed by atoms with E-state index in [0.29, 0.717) is 0 Å². The molecule has 1 rings (SSSR count). The van der Waals surface area contributed by atoms with Crippen LogP contribution in [0.4, 0.5) is 0 Å². The topological polar surface area (TPSA) is 109 Å². The Balaban J connectivity index is 0. The number of nitrogens with zero attached hydrogens (tertiary/aromatic N) is 1. The third-order valence-corrected chi connectivity index (χ3v) is 1.21. The molecule has 0 saturated carbocycles. The lowest BCUT2D eigenvalue weighted by Gasteiger charge is -2.01. The van der Waals surface area contributed by atoms with Crippen molar-refractivity contribution < 1.29 is 0 Å². The number of hydrogen-bond donors (Lipinski definition) is 3. The highest BCUT2D eigenvalue weighted by atomic mass is 14.7. The van der Waals surface area contributed by atoms with Crippen LogP contribution in [-0.4, -0.2) is 4.98 Å². The minimum absolute atomic E-state index is 0. The van der Waals surface area contributed by atoms with Gasteiger partial charge in [0, 0.05) is 18.4 Å². The summed E-state index contributed by atoms with van der Waals surface area (Å²) in [5.41, 5.74) is 6.65. The molecular formula is C7H16N4. The molecule has 1 aromatic rings. The molecule has 64 valence electrons. The molecule has 8 N–H and O–H groups in total. The second-order valence-corrected chi connectivity index (χ2v) is 2.08. The second kappa shape index (κ2) is 5.79. The third-order valence-electron chi connectivity index (χ3n) is 1.21. The molecule has 0 aromatic carbocycles. The number of aromatic nitrogens is 1. The Morgan fingerprint density at radius 1 is 1.45 bits per heavy atom. The largest absolute Gasteiger partial charge is 0.344 e. The Morgan fingerprint density at radius 3 is 2.36 bits per heavy atom. The summed E-state index contributed by atoms with van der Waals surface area (Å²) in [7, 11) is 0. The highest BCUT2D eigenvalue weighted by Crippen LogP contribution is 2.04. The van der Waals surface area contributed by atoms with Crippen LogP contribution in [0.25, 0.3) is 0 Å². The van der Waals surface area contributed by atoms with Gasteiger partial charge in [-0.15, -0.1) is 0 Å². The Bertz CT molecular complexity index is 173. The average Bonchev–Trinajstić information content (AvgIpc) is 1.90. The van der Waals surface area contributed by atoms with E-state index in [2.05, 4.69) is 4.98 Å². The molecule has 0 aliphatic heterocycles. The third kappa shape index (κ3) is 3.67. The minimum Gasteiger partial charge on any atom is -0.344 e. The number of hydrogen-bond acceptors (Lipinski definition) is 4. The molecule has 0 saturated heterocycles. The second-order valence-electron chi connectivity index (χ2n) is 2.08. The van der Waals surface area contributed by atoms with Crippen molar-refractivity contribution in [1.29, 1.82) is 0 Å². The van der Waals surface area contributed by atoms with Crippen LogP contribution in [0.2, 0.25) is 0 Å².